The maximum atomic E-state index is 13.1. The van der Waals surface area contributed by atoms with Gasteiger partial charge >= 0.3 is 6.61 Å². The molecule has 0 aliphatic heterocycles. The van der Waals surface area contributed by atoms with E-state index in [9.17, 15) is 27.3 Å². The minimum absolute atomic E-state index is 0.0635. The van der Waals surface area contributed by atoms with Gasteiger partial charge in [0.1, 0.15) is 10.6 Å². The molecule has 0 aliphatic carbocycles. The van der Waals surface area contributed by atoms with Crippen LogP contribution in [-0.2, 0) is 10.0 Å². The van der Waals surface area contributed by atoms with Gasteiger partial charge in [-0.1, -0.05) is 29.8 Å². The first-order chi connectivity index (χ1) is 16.1. The fourth-order valence-corrected chi connectivity index (χ4v) is 4.34. The van der Waals surface area contributed by atoms with E-state index in [-0.39, 0.29) is 17.0 Å². The van der Waals surface area contributed by atoms with Crippen molar-refractivity contribution in [3.8, 4) is 5.75 Å². The van der Waals surface area contributed by atoms with Gasteiger partial charge in [0.25, 0.3) is 15.7 Å². The van der Waals surface area contributed by atoms with Crippen LogP contribution >= 0.6 is 0 Å². The number of rotatable bonds is 9. The number of nitro benzene ring substituents is 1. The van der Waals surface area contributed by atoms with Crippen LogP contribution in [0.3, 0.4) is 0 Å². The van der Waals surface area contributed by atoms with Gasteiger partial charge in [-0.05, 0) is 43.7 Å². The van der Waals surface area contributed by atoms with Crippen molar-refractivity contribution in [2.45, 2.75) is 25.4 Å². The summed E-state index contributed by atoms with van der Waals surface area (Å²) in [5.74, 6) is -0.129. The van der Waals surface area contributed by atoms with Crippen LogP contribution in [0.4, 0.5) is 25.8 Å². The number of para-hydroxylation sites is 1. The number of nitrogens with one attached hydrogen (secondary N) is 2. The Balaban J connectivity index is 1.95. The van der Waals surface area contributed by atoms with E-state index in [1.165, 1.54) is 24.3 Å². The fraction of sp³-hybridized carbons (Fsp3) is 0.136. The second-order valence-electron chi connectivity index (χ2n) is 7.15. The molecule has 3 rings (SSSR count). The first kappa shape index (κ1) is 24.6. The summed E-state index contributed by atoms with van der Waals surface area (Å²) in [4.78, 5) is 10.1. The number of alkyl halides is 2. The monoisotopic (exact) mass is 490 g/mol. The highest BCUT2D eigenvalue weighted by Gasteiger charge is 2.23. The zero-order valence-corrected chi connectivity index (χ0v) is 18.8. The second kappa shape index (κ2) is 10.3. The van der Waals surface area contributed by atoms with E-state index in [4.69, 9.17) is 0 Å². The lowest BCUT2D eigenvalue weighted by atomic mass is 10.1. The molecule has 12 heteroatoms. The van der Waals surface area contributed by atoms with Crippen LogP contribution in [0, 0.1) is 24.0 Å². The number of nitro groups is 1. The van der Waals surface area contributed by atoms with E-state index < -0.39 is 32.1 Å². The summed E-state index contributed by atoms with van der Waals surface area (Å²) in [6, 6.07) is 14.2. The van der Waals surface area contributed by atoms with Crippen molar-refractivity contribution in [2.75, 3.05) is 10.1 Å². The minimum Gasteiger partial charge on any atom is -0.434 e. The predicted molar refractivity (Wildman–Crippen MR) is 124 cm³/mol. The van der Waals surface area contributed by atoms with Crippen molar-refractivity contribution in [3.63, 3.8) is 0 Å². The largest absolute Gasteiger partial charge is 0.434 e. The molecule has 0 fully saturated rings. The molecule has 178 valence electrons. The molecule has 0 radical (unpaired) electrons. The third kappa shape index (κ3) is 6.04. The summed E-state index contributed by atoms with van der Waals surface area (Å²) >= 11 is 0. The van der Waals surface area contributed by atoms with Crippen LogP contribution < -0.4 is 14.9 Å². The molecule has 0 spiro atoms. The van der Waals surface area contributed by atoms with Gasteiger partial charge < -0.3 is 4.74 Å². The van der Waals surface area contributed by atoms with Crippen molar-refractivity contribution in [3.05, 3.63) is 87.5 Å². The Morgan fingerprint density at radius 2 is 1.76 bits per heavy atom. The lowest BCUT2D eigenvalue weighted by molar-refractivity contribution is -0.385. The zero-order valence-electron chi connectivity index (χ0n) is 18.0. The number of non-ortho nitro benzene ring substituents is 1. The summed E-state index contributed by atoms with van der Waals surface area (Å²) in [5.41, 5.74) is 4.12. The summed E-state index contributed by atoms with van der Waals surface area (Å²) in [6.45, 7) is 0.544. The molecule has 34 heavy (non-hydrogen) atoms. The van der Waals surface area contributed by atoms with Gasteiger partial charge in [-0.2, -0.15) is 13.9 Å². The Morgan fingerprint density at radius 3 is 2.44 bits per heavy atom. The molecular weight excluding hydrogens is 470 g/mol. The lowest BCUT2D eigenvalue weighted by Gasteiger charge is -2.14. The number of aryl methyl sites for hydroxylation is 2. The number of halogens is 2. The van der Waals surface area contributed by atoms with Crippen molar-refractivity contribution in [1.29, 1.82) is 0 Å². The second-order valence-corrected chi connectivity index (χ2v) is 8.80. The number of hydrazone groups is 1. The average Bonchev–Trinajstić information content (AvgIpc) is 2.76. The van der Waals surface area contributed by atoms with Crippen molar-refractivity contribution in [1.82, 2.24) is 0 Å². The molecule has 9 nitrogen and oxygen atoms in total. The standard InChI is InChI=1S/C22H20F2N4O5S/c1-14-7-9-18(15(2)11-14)27-34(31,32)21-12-17(28(29)30)8-10-19(21)26-25-13-16-5-3-4-6-20(16)33-22(23)24/h3-13,22,26-27H,1-2H3. The number of hydrogen-bond donors (Lipinski definition) is 2. The van der Waals surface area contributed by atoms with E-state index in [1.807, 2.05) is 6.92 Å². The molecule has 0 aliphatic rings. The Labute approximate surface area is 194 Å². The lowest BCUT2D eigenvalue weighted by Crippen LogP contribution is -2.16. The molecule has 0 aromatic heterocycles. The third-order valence-corrected chi connectivity index (χ3v) is 6.02. The molecule has 0 amide bonds. The van der Waals surface area contributed by atoms with Crippen molar-refractivity contribution < 1.29 is 26.9 Å². The number of anilines is 2. The van der Waals surface area contributed by atoms with Gasteiger partial charge in [0.05, 0.1) is 22.5 Å². The smallest absolute Gasteiger partial charge is 0.387 e. The van der Waals surface area contributed by atoms with Gasteiger partial charge in [-0.3, -0.25) is 20.3 Å². The van der Waals surface area contributed by atoms with Crippen molar-refractivity contribution in [2.24, 2.45) is 5.10 Å². The van der Waals surface area contributed by atoms with E-state index in [2.05, 4.69) is 20.0 Å². The summed E-state index contributed by atoms with van der Waals surface area (Å²) in [5, 5.41) is 15.1. The van der Waals surface area contributed by atoms with Crippen LogP contribution in [0.1, 0.15) is 16.7 Å². The van der Waals surface area contributed by atoms with Crippen LogP contribution in [0.15, 0.2) is 70.7 Å². The zero-order chi connectivity index (χ0) is 24.9. The third-order valence-electron chi connectivity index (χ3n) is 4.62. The maximum absolute atomic E-state index is 13.1. The van der Waals surface area contributed by atoms with Gasteiger partial charge in [0.2, 0.25) is 0 Å². The molecule has 0 atom stereocenters. The minimum atomic E-state index is -4.27. The van der Waals surface area contributed by atoms with Gasteiger partial charge in [-0.15, -0.1) is 0 Å². The highest BCUT2D eigenvalue weighted by atomic mass is 32.2. The molecule has 2 N–H and O–H groups in total. The van der Waals surface area contributed by atoms with E-state index in [1.54, 1.807) is 31.2 Å². The van der Waals surface area contributed by atoms with E-state index >= 15 is 0 Å². The number of benzene rings is 3. The molecule has 0 saturated carbocycles. The van der Waals surface area contributed by atoms with Crippen LogP contribution in [0.2, 0.25) is 0 Å². The number of nitrogens with zero attached hydrogens (tertiary/aromatic N) is 2. The number of ether oxygens (including phenoxy) is 1. The van der Waals surface area contributed by atoms with Gasteiger partial charge in [-0.25, -0.2) is 8.42 Å². The van der Waals surface area contributed by atoms with E-state index in [0.717, 1.165) is 23.9 Å². The first-order valence-corrected chi connectivity index (χ1v) is 11.3. The molecule has 0 heterocycles. The Hall–Kier alpha value is -4.06. The van der Waals surface area contributed by atoms with Crippen LogP contribution in [-0.4, -0.2) is 26.2 Å². The van der Waals surface area contributed by atoms with Gasteiger partial charge in [0, 0.05) is 17.7 Å². The predicted octanol–water partition coefficient (Wildman–Crippen LogP) is 5.06. The summed E-state index contributed by atoms with van der Waals surface area (Å²) < 4.78 is 58.3. The number of sulfonamides is 1. The van der Waals surface area contributed by atoms with Crippen molar-refractivity contribution >= 4 is 33.3 Å². The maximum Gasteiger partial charge on any atom is 0.387 e. The molecule has 3 aromatic rings. The number of hydrogen-bond acceptors (Lipinski definition) is 7. The summed E-state index contributed by atoms with van der Waals surface area (Å²) in [6.07, 6.45) is 1.16. The topological polar surface area (TPSA) is 123 Å². The summed E-state index contributed by atoms with van der Waals surface area (Å²) in [7, 11) is -4.27. The highest BCUT2D eigenvalue weighted by molar-refractivity contribution is 7.92. The van der Waals surface area contributed by atoms with Gasteiger partial charge in [0.15, 0.2) is 0 Å². The molecular formula is C22H20F2N4O5S. The molecule has 0 saturated heterocycles. The van der Waals surface area contributed by atoms with Crippen LogP contribution in [0.5, 0.6) is 5.75 Å². The van der Waals surface area contributed by atoms with E-state index in [0.29, 0.717) is 11.3 Å². The normalized spacial score (nSPS) is 11.6. The Bertz CT molecular complexity index is 1350. The molecule has 0 unspecified atom stereocenters. The SMILES string of the molecule is Cc1ccc(NS(=O)(=O)c2cc([N+](=O)[O-])ccc2NN=Cc2ccccc2OC(F)F)c(C)c1. The molecule has 0 bridgehead atoms. The molecule has 3 aromatic carbocycles. The first-order valence-electron chi connectivity index (χ1n) is 9.78. The van der Waals surface area contributed by atoms with Crippen LogP contribution in [0.25, 0.3) is 0 Å². The quantitative estimate of drug-likeness (QED) is 0.246. The average molecular weight is 490 g/mol. The Morgan fingerprint density at radius 1 is 1.06 bits per heavy atom. The Kier molecular flexibility index (Phi) is 7.41. The fourth-order valence-electron chi connectivity index (χ4n) is 3.03. The highest BCUT2D eigenvalue weighted by Crippen LogP contribution is 2.29.